The lowest BCUT2D eigenvalue weighted by molar-refractivity contribution is 0.135. The fourth-order valence-corrected chi connectivity index (χ4v) is 5.35. The number of allylic oxidation sites excluding steroid dienone is 1. The van der Waals surface area contributed by atoms with Crippen LogP contribution >= 0.6 is 0 Å². The van der Waals surface area contributed by atoms with Crippen molar-refractivity contribution in [2.45, 2.75) is 97.9 Å². The Kier molecular flexibility index (Phi) is 5.81. The number of unbranched alkanes of at least 4 members (excludes halogenated alkanes) is 2. The Morgan fingerprint density at radius 1 is 1.19 bits per heavy atom. The molecule has 0 fully saturated rings. The molecule has 1 aromatic rings. The first-order chi connectivity index (χ1) is 12.6. The van der Waals surface area contributed by atoms with Gasteiger partial charge in [-0.1, -0.05) is 26.7 Å². The molecule has 1 aromatic carbocycles. The lowest BCUT2D eigenvalue weighted by Crippen LogP contribution is -2.37. The normalized spacial score (nSPS) is 21.4. The molecule has 0 N–H and O–H groups in total. The summed E-state index contributed by atoms with van der Waals surface area (Å²) in [4.78, 5) is 0. The van der Waals surface area contributed by atoms with Crippen molar-refractivity contribution in [3.63, 3.8) is 0 Å². The van der Waals surface area contributed by atoms with Gasteiger partial charge < -0.3 is 9.16 Å². The second-order valence-corrected chi connectivity index (χ2v) is 14.5. The monoisotopic (exact) mass is 386 g/mol. The summed E-state index contributed by atoms with van der Waals surface area (Å²) in [6.45, 7) is 15.9. The third-order valence-electron chi connectivity index (χ3n) is 5.81. The molecule has 3 rings (SSSR count). The fourth-order valence-electron chi connectivity index (χ4n) is 4.53. The molecule has 27 heavy (non-hydrogen) atoms. The Morgan fingerprint density at radius 2 is 1.93 bits per heavy atom. The van der Waals surface area contributed by atoms with E-state index in [1.165, 1.54) is 48.0 Å². The van der Waals surface area contributed by atoms with E-state index >= 15 is 0 Å². The molecule has 2 aliphatic rings. The van der Waals surface area contributed by atoms with Crippen LogP contribution in [0.1, 0.15) is 77.3 Å². The fraction of sp³-hybridized carbons (Fsp3) is 0.667. The highest BCUT2D eigenvalue weighted by molar-refractivity contribution is 6.70. The van der Waals surface area contributed by atoms with Gasteiger partial charge >= 0.3 is 0 Å². The van der Waals surface area contributed by atoms with E-state index in [0.29, 0.717) is 0 Å². The summed E-state index contributed by atoms with van der Waals surface area (Å²) in [6.07, 6.45) is 8.42. The van der Waals surface area contributed by atoms with Crippen LogP contribution in [-0.2, 0) is 6.42 Å². The van der Waals surface area contributed by atoms with E-state index in [2.05, 4.69) is 59.5 Å². The van der Waals surface area contributed by atoms with Crippen molar-refractivity contribution in [1.82, 2.24) is 0 Å². The van der Waals surface area contributed by atoms with Crippen LogP contribution in [-0.4, -0.2) is 13.9 Å². The molecule has 0 aromatic heterocycles. The van der Waals surface area contributed by atoms with Crippen molar-refractivity contribution < 1.29 is 9.16 Å². The third-order valence-corrected chi connectivity index (χ3v) is 6.64. The summed E-state index contributed by atoms with van der Waals surface area (Å²) in [5, 5.41) is 0. The minimum absolute atomic E-state index is 0.207. The molecule has 1 unspecified atom stereocenters. The van der Waals surface area contributed by atoms with Gasteiger partial charge in [0.05, 0.1) is 5.56 Å². The first-order valence-corrected chi connectivity index (χ1v) is 14.3. The van der Waals surface area contributed by atoms with Crippen LogP contribution in [0.3, 0.4) is 0 Å². The molecule has 150 valence electrons. The minimum atomic E-state index is -1.71. The van der Waals surface area contributed by atoms with E-state index in [0.717, 1.165) is 36.7 Å². The zero-order valence-electron chi connectivity index (χ0n) is 18.5. The average Bonchev–Trinajstić information content (AvgIpc) is 2.52. The first-order valence-electron chi connectivity index (χ1n) is 10.9. The summed E-state index contributed by atoms with van der Waals surface area (Å²) in [5.41, 5.74) is 5.42. The molecular weight excluding hydrogens is 348 g/mol. The van der Waals surface area contributed by atoms with Gasteiger partial charge in [0, 0.05) is 0 Å². The maximum atomic E-state index is 6.62. The molecule has 0 bridgehead atoms. The number of hydrogen-bond acceptors (Lipinski definition) is 2. The highest BCUT2D eigenvalue weighted by atomic mass is 28.4. The lowest BCUT2D eigenvalue weighted by atomic mass is 9.74. The van der Waals surface area contributed by atoms with Gasteiger partial charge in [-0.2, -0.15) is 0 Å². The van der Waals surface area contributed by atoms with Crippen LogP contribution in [0.25, 0.3) is 5.57 Å². The van der Waals surface area contributed by atoms with Gasteiger partial charge in [0.25, 0.3) is 0 Å². The minimum Gasteiger partial charge on any atom is -0.544 e. The van der Waals surface area contributed by atoms with Gasteiger partial charge in [-0.3, -0.25) is 0 Å². The van der Waals surface area contributed by atoms with Crippen molar-refractivity contribution in [3.8, 4) is 11.5 Å². The number of ether oxygens (including phenoxy) is 1. The number of aryl methyl sites for hydroxylation is 1. The summed E-state index contributed by atoms with van der Waals surface area (Å²) < 4.78 is 13.2. The zero-order valence-corrected chi connectivity index (χ0v) is 19.5. The smallest absolute Gasteiger partial charge is 0.242 e. The van der Waals surface area contributed by atoms with Crippen LogP contribution < -0.4 is 9.16 Å². The summed E-state index contributed by atoms with van der Waals surface area (Å²) in [7, 11) is -1.71. The van der Waals surface area contributed by atoms with E-state index in [4.69, 9.17) is 9.16 Å². The number of fused-ring (bicyclic) bond motifs is 2. The second kappa shape index (κ2) is 7.65. The van der Waals surface area contributed by atoms with Gasteiger partial charge in [-0.15, -0.1) is 0 Å². The van der Waals surface area contributed by atoms with Crippen molar-refractivity contribution in [3.05, 3.63) is 28.8 Å². The van der Waals surface area contributed by atoms with Gasteiger partial charge in [0.2, 0.25) is 8.32 Å². The number of rotatable bonds is 6. The number of hydrogen-bond donors (Lipinski definition) is 0. The largest absolute Gasteiger partial charge is 0.544 e. The lowest BCUT2D eigenvalue weighted by Gasteiger charge is -2.42. The van der Waals surface area contributed by atoms with Gasteiger partial charge in [-0.05, 0) is 100 Å². The van der Waals surface area contributed by atoms with Crippen LogP contribution in [0.5, 0.6) is 11.5 Å². The molecule has 0 spiro atoms. The highest BCUT2D eigenvalue weighted by Crippen LogP contribution is 2.52. The Labute approximate surface area is 167 Å². The highest BCUT2D eigenvalue weighted by Gasteiger charge is 2.39. The van der Waals surface area contributed by atoms with Crippen molar-refractivity contribution in [2.75, 3.05) is 0 Å². The van der Waals surface area contributed by atoms with E-state index in [9.17, 15) is 0 Å². The quantitative estimate of drug-likeness (QED) is 0.375. The molecule has 1 aliphatic carbocycles. The van der Waals surface area contributed by atoms with Gasteiger partial charge in [0.15, 0.2) is 0 Å². The molecule has 1 aliphatic heterocycles. The van der Waals surface area contributed by atoms with E-state index < -0.39 is 8.32 Å². The van der Waals surface area contributed by atoms with Crippen LogP contribution in [0.15, 0.2) is 17.7 Å². The molecule has 0 amide bonds. The molecule has 2 nitrogen and oxygen atoms in total. The standard InChI is InChI=1S/C24H38O2Si/c1-8-9-10-11-18-15-21-23(22(16-18)26-27(5,6)7)19-14-17(2)12-13-20(19)24(3,4)25-21/h15-17H,8-14H2,1-7H3. The van der Waals surface area contributed by atoms with Crippen molar-refractivity contribution >= 4 is 13.9 Å². The van der Waals surface area contributed by atoms with Crippen LogP contribution in [0.2, 0.25) is 19.6 Å². The Bertz CT molecular complexity index is 725. The summed E-state index contributed by atoms with van der Waals surface area (Å²) >= 11 is 0. The molecule has 3 heteroatoms. The predicted octanol–water partition coefficient (Wildman–Crippen LogP) is 7.38. The third kappa shape index (κ3) is 4.61. The number of benzene rings is 1. The zero-order chi connectivity index (χ0) is 19.8. The van der Waals surface area contributed by atoms with E-state index in [1.807, 2.05) is 0 Å². The predicted molar refractivity (Wildman–Crippen MR) is 118 cm³/mol. The topological polar surface area (TPSA) is 18.5 Å². The van der Waals surface area contributed by atoms with Gasteiger partial charge in [0.1, 0.15) is 17.1 Å². The van der Waals surface area contributed by atoms with E-state index in [1.54, 1.807) is 0 Å². The Hall–Kier alpha value is -1.22. The maximum Gasteiger partial charge on any atom is 0.242 e. The maximum absolute atomic E-state index is 6.62. The molecule has 1 atom stereocenters. The molecule has 0 radical (unpaired) electrons. The molecule has 0 saturated heterocycles. The summed E-state index contributed by atoms with van der Waals surface area (Å²) in [5.74, 6) is 2.86. The second-order valence-electron chi connectivity index (χ2n) is 10.1. The Balaban J connectivity index is 2.11. The SMILES string of the molecule is CCCCCc1cc2c(c(O[Si](C)(C)C)c1)C1=C(CCC(C)C1)C(C)(C)O2. The van der Waals surface area contributed by atoms with Crippen molar-refractivity contribution in [1.29, 1.82) is 0 Å². The molecule has 1 heterocycles. The molecule has 0 saturated carbocycles. The summed E-state index contributed by atoms with van der Waals surface area (Å²) in [6, 6.07) is 4.62. The first kappa shape index (κ1) is 20.5. The average molecular weight is 387 g/mol. The van der Waals surface area contributed by atoms with E-state index in [-0.39, 0.29) is 5.60 Å². The van der Waals surface area contributed by atoms with Crippen LogP contribution in [0.4, 0.5) is 0 Å². The Morgan fingerprint density at radius 3 is 2.59 bits per heavy atom. The van der Waals surface area contributed by atoms with Crippen molar-refractivity contribution in [2.24, 2.45) is 5.92 Å². The van der Waals surface area contributed by atoms with Crippen LogP contribution in [0, 0.1) is 5.92 Å². The van der Waals surface area contributed by atoms with Gasteiger partial charge in [-0.25, -0.2) is 0 Å². The molecular formula is C24H38O2Si.